The molecular formula is C20H35Cl2N3O. The van der Waals surface area contributed by atoms with Crippen molar-refractivity contribution in [2.45, 2.75) is 40.0 Å². The highest BCUT2D eigenvalue weighted by atomic mass is 35.5. The van der Waals surface area contributed by atoms with Gasteiger partial charge in [-0.3, -0.25) is 4.79 Å². The molecule has 2 N–H and O–H groups in total. The van der Waals surface area contributed by atoms with Crippen molar-refractivity contribution in [3.63, 3.8) is 0 Å². The Hall–Kier alpha value is -0.970. The van der Waals surface area contributed by atoms with Gasteiger partial charge in [-0.1, -0.05) is 25.1 Å². The second-order valence-electron chi connectivity index (χ2n) is 6.98. The van der Waals surface area contributed by atoms with Gasteiger partial charge in [-0.25, -0.2) is 0 Å². The highest BCUT2D eigenvalue weighted by molar-refractivity contribution is 5.85. The molecule has 1 aliphatic heterocycles. The summed E-state index contributed by atoms with van der Waals surface area (Å²) in [6.45, 7) is 11.2. The van der Waals surface area contributed by atoms with Gasteiger partial charge in [0.1, 0.15) is 0 Å². The molecule has 1 saturated heterocycles. The van der Waals surface area contributed by atoms with Crippen LogP contribution in [0.5, 0.6) is 0 Å². The molecule has 0 bridgehead atoms. The fraction of sp³-hybridized carbons (Fsp3) is 0.650. The molecule has 150 valence electrons. The molecule has 1 aromatic carbocycles. The first kappa shape index (κ1) is 25.0. The van der Waals surface area contributed by atoms with Gasteiger partial charge in [0.05, 0.1) is 0 Å². The predicted molar refractivity (Wildman–Crippen MR) is 116 cm³/mol. The number of piperidine rings is 1. The molecule has 1 aromatic rings. The van der Waals surface area contributed by atoms with E-state index < -0.39 is 0 Å². The molecule has 6 heteroatoms. The first-order valence-electron chi connectivity index (χ1n) is 9.39. The lowest BCUT2D eigenvalue weighted by atomic mass is 9.84. The zero-order chi connectivity index (χ0) is 17.4. The number of aryl methyl sites for hydroxylation is 1. The van der Waals surface area contributed by atoms with Crippen molar-refractivity contribution in [1.82, 2.24) is 10.6 Å². The van der Waals surface area contributed by atoms with Crippen LogP contribution in [0.25, 0.3) is 0 Å². The summed E-state index contributed by atoms with van der Waals surface area (Å²) in [5, 5.41) is 6.50. The SMILES string of the molecule is CCN(CCNC(=O)CC(C)C1CCNCC1)c1ccccc1C.Cl.Cl. The van der Waals surface area contributed by atoms with Crippen LogP contribution >= 0.6 is 24.8 Å². The molecule has 26 heavy (non-hydrogen) atoms. The number of nitrogens with zero attached hydrogens (tertiary/aromatic N) is 1. The molecule has 0 aliphatic carbocycles. The summed E-state index contributed by atoms with van der Waals surface area (Å²) in [5.41, 5.74) is 2.54. The number of benzene rings is 1. The molecule has 2 rings (SSSR count). The van der Waals surface area contributed by atoms with Crippen molar-refractivity contribution in [1.29, 1.82) is 0 Å². The fourth-order valence-corrected chi connectivity index (χ4v) is 3.64. The van der Waals surface area contributed by atoms with Crippen molar-refractivity contribution in [2.24, 2.45) is 11.8 Å². The van der Waals surface area contributed by atoms with Crippen molar-refractivity contribution in [3.05, 3.63) is 29.8 Å². The van der Waals surface area contributed by atoms with E-state index in [0.29, 0.717) is 24.8 Å². The number of rotatable bonds is 8. The van der Waals surface area contributed by atoms with Gasteiger partial charge in [0.25, 0.3) is 0 Å². The van der Waals surface area contributed by atoms with E-state index in [1.54, 1.807) is 0 Å². The van der Waals surface area contributed by atoms with Gasteiger partial charge < -0.3 is 15.5 Å². The molecule has 0 spiro atoms. The molecule has 1 atom stereocenters. The Bertz CT molecular complexity index is 522. The Morgan fingerprint density at radius 1 is 1.27 bits per heavy atom. The van der Waals surface area contributed by atoms with Crippen LogP contribution in [0, 0.1) is 18.8 Å². The Morgan fingerprint density at radius 3 is 2.54 bits per heavy atom. The lowest BCUT2D eigenvalue weighted by molar-refractivity contribution is -0.122. The second kappa shape index (κ2) is 13.2. The van der Waals surface area contributed by atoms with Crippen LogP contribution in [0.2, 0.25) is 0 Å². The molecule has 1 heterocycles. The zero-order valence-electron chi connectivity index (χ0n) is 16.3. The monoisotopic (exact) mass is 403 g/mol. The lowest BCUT2D eigenvalue weighted by Crippen LogP contribution is -2.37. The maximum absolute atomic E-state index is 12.2. The Labute approximate surface area is 171 Å². The number of hydrogen-bond acceptors (Lipinski definition) is 3. The highest BCUT2D eigenvalue weighted by Gasteiger charge is 2.21. The number of halogens is 2. The standard InChI is InChI=1S/C20H33N3O.2ClH/c1-4-23(19-8-6-5-7-16(19)2)14-13-22-20(24)15-17(3)18-9-11-21-12-10-18;;/h5-8,17-18,21H,4,9-15H2,1-3H3,(H,22,24);2*1H. The van der Waals surface area contributed by atoms with Gasteiger partial charge in [-0.2, -0.15) is 0 Å². The first-order chi connectivity index (χ1) is 11.6. The van der Waals surface area contributed by atoms with E-state index in [-0.39, 0.29) is 30.7 Å². The maximum atomic E-state index is 12.2. The predicted octanol–water partition coefficient (Wildman–Crippen LogP) is 3.81. The summed E-state index contributed by atoms with van der Waals surface area (Å²) in [6, 6.07) is 8.43. The van der Waals surface area contributed by atoms with E-state index in [9.17, 15) is 4.79 Å². The van der Waals surface area contributed by atoms with Crippen LogP contribution in [0.4, 0.5) is 5.69 Å². The summed E-state index contributed by atoms with van der Waals surface area (Å²) in [6.07, 6.45) is 3.05. The number of anilines is 1. The molecule has 0 radical (unpaired) electrons. The average Bonchev–Trinajstić information content (AvgIpc) is 2.60. The summed E-state index contributed by atoms with van der Waals surface area (Å²) in [7, 11) is 0. The smallest absolute Gasteiger partial charge is 0.220 e. The van der Waals surface area contributed by atoms with Crippen LogP contribution in [0.1, 0.15) is 38.7 Å². The molecule has 4 nitrogen and oxygen atoms in total. The molecular weight excluding hydrogens is 369 g/mol. The molecule has 0 aromatic heterocycles. The average molecular weight is 404 g/mol. The summed E-state index contributed by atoms with van der Waals surface area (Å²) in [5.74, 6) is 1.36. The van der Waals surface area contributed by atoms with Crippen molar-refractivity contribution >= 4 is 36.4 Å². The Kier molecular flexibility index (Phi) is 12.7. The minimum absolute atomic E-state index is 0. The number of likely N-dealkylation sites (N-methyl/N-ethyl adjacent to an activating group) is 1. The van der Waals surface area contributed by atoms with E-state index in [1.165, 1.54) is 24.1 Å². The third kappa shape index (κ3) is 7.73. The van der Waals surface area contributed by atoms with Gasteiger partial charge in [0.2, 0.25) is 5.91 Å². The minimum atomic E-state index is 0. The topological polar surface area (TPSA) is 44.4 Å². The molecule has 1 unspecified atom stereocenters. The fourth-order valence-electron chi connectivity index (χ4n) is 3.64. The van der Waals surface area contributed by atoms with E-state index in [1.807, 2.05) is 0 Å². The number of carbonyl (C=O) groups excluding carboxylic acids is 1. The Morgan fingerprint density at radius 2 is 1.92 bits per heavy atom. The largest absolute Gasteiger partial charge is 0.370 e. The zero-order valence-corrected chi connectivity index (χ0v) is 17.9. The summed E-state index contributed by atoms with van der Waals surface area (Å²) < 4.78 is 0. The number of para-hydroxylation sites is 1. The van der Waals surface area contributed by atoms with Crippen LogP contribution in [0.15, 0.2) is 24.3 Å². The van der Waals surface area contributed by atoms with E-state index in [4.69, 9.17) is 0 Å². The molecule has 1 aliphatic rings. The van der Waals surface area contributed by atoms with Gasteiger partial charge in [-0.05, 0) is 63.2 Å². The number of hydrogen-bond donors (Lipinski definition) is 2. The van der Waals surface area contributed by atoms with Crippen molar-refractivity contribution in [3.8, 4) is 0 Å². The quantitative estimate of drug-likeness (QED) is 0.693. The van der Waals surface area contributed by atoms with Crippen LogP contribution in [-0.4, -0.2) is 38.6 Å². The Balaban J connectivity index is 0.00000312. The summed E-state index contributed by atoms with van der Waals surface area (Å²) >= 11 is 0. The summed E-state index contributed by atoms with van der Waals surface area (Å²) in [4.78, 5) is 14.5. The van der Waals surface area contributed by atoms with Crippen molar-refractivity contribution in [2.75, 3.05) is 37.6 Å². The van der Waals surface area contributed by atoms with Crippen molar-refractivity contribution < 1.29 is 4.79 Å². The van der Waals surface area contributed by atoms with E-state index in [0.717, 1.165) is 26.2 Å². The van der Waals surface area contributed by atoms with E-state index in [2.05, 4.69) is 60.6 Å². The third-order valence-electron chi connectivity index (χ3n) is 5.24. The van der Waals surface area contributed by atoms with Gasteiger partial charge in [0, 0.05) is 31.7 Å². The van der Waals surface area contributed by atoms with E-state index >= 15 is 0 Å². The maximum Gasteiger partial charge on any atom is 0.220 e. The molecule has 1 amide bonds. The normalized spacial score (nSPS) is 15.3. The highest BCUT2D eigenvalue weighted by Crippen LogP contribution is 2.24. The van der Waals surface area contributed by atoms with Crippen LogP contribution < -0.4 is 15.5 Å². The van der Waals surface area contributed by atoms with Gasteiger partial charge in [0.15, 0.2) is 0 Å². The first-order valence-corrected chi connectivity index (χ1v) is 9.39. The van der Waals surface area contributed by atoms with Gasteiger partial charge >= 0.3 is 0 Å². The molecule has 1 fully saturated rings. The molecule has 0 saturated carbocycles. The number of nitrogens with one attached hydrogen (secondary N) is 2. The van der Waals surface area contributed by atoms with Crippen LogP contribution in [0.3, 0.4) is 0 Å². The second-order valence-corrected chi connectivity index (χ2v) is 6.98. The van der Waals surface area contributed by atoms with Crippen LogP contribution in [-0.2, 0) is 4.79 Å². The van der Waals surface area contributed by atoms with Gasteiger partial charge in [-0.15, -0.1) is 24.8 Å². The number of carbonyl (C=O) groups is 1. The lowest BCUT2D eigenvalue weighted by Gasteiger charge is -2.28. The third-order valence-corrected chi connectivity index (χ3v) is 5.24. The number of amides is 1. The minimum Gasteiger partial charge on any atom is -0.370 e.